The van der Waals surface area contributed by atoms with E-state index in [0.29, 0.717) is 6.42 Å². The summed E-state index contributed by atoms with van der Waals surface area (Å²) in [5.41, 5.74) is 0.322. The lowest BCUT2D eigenvalue weighted by molar-refractivity contribution is 0.238. The molecule has 0 saturated heterocycles. The van der Waals surface area contributed by atoms with E-state index in [9.17, 15) is 9.18 Å². The smallest absolute Gasteiger partial charge is 0.319 e. The summed E-state index contributed by atoms with van der Waals surface area (Å²) in [4.78, 5) is 11.8. The lowest BCUT2D eigenvalue weighted by atomic mass is 10.1. The summed E-state index contributed by atoms with van der Waals surface area (Å²) < 4.78 is 13.0. The van der Waals surface area contributed by atoms with E-state index < -0.39 is 11.8 Å². The molecule has 1 aromatic rings. The average Bonchev–Trinajstić information content (AvgIpc) is 2.88. The predicted molar refractivity (Wildman–Crippen MR) is 71.4 cm³/mol. The number of urea groups is 1. The third kappa shape index (κ3) is 3.33. The number of aliphatic hydroxyl groups is 1. The molecule has 0 saturated carbocycles. The number of carbonyl (C=O) groups is 1. The minimum atomic E-state index is -0.531. The van der Waals surface area contributed by atoms with Crippen LogP contribution in [0.2, 0.25) is 0 Å². The van der Waals surface area contributed by atoms with E-state index in [-0.39, 0.29) is 29.8 Å². The number of hydrogen-bond donors (Lipinski definition) is 3. The van der Waals surface area contributed by atoms with Gasteiger partial charge in [0.1, 0.15) is 11.9 Å². The molecule has 2 rings (SSSR count). The first-order valence-electron chi connectivity index (χ1n) is 6.18. The van der Waals surface area contributed by atoms with Crippen molar-refractivity contribution in [3.63, 3.8) is 0 Å². The van der Waals surface area contributed by atoms with Crippen molar-refractivity contribution in [3.8, 4) is 6.07 Å². The maximum Gasteiger partial charge on any atom is 0.319 e. The molecule has 0 radical (unpaired) electrons. The Morgan fingerprint density at radius 3 is 2.95 bits per heavy atom. The summed E-state index contributed by atoms with van der Waals surface area (Å²) in [6.07, 6.45) is 4.30. The van der Waals surface area contributed by atoms with Crippen LogP contribution in [0.4, 0.5) is 14.9 Å². The number of carbonyl (C=O) groups excluding carboxylic acids is 1. The molecule has 1 aromatic carbocycles. The van der Waals surface area contributed by atoms with Gasteiger partial charge in [0.05, 0.1) is 11.3 Å². The zero-order valence-electron chi connectivity index (χ0n) is 10.6. The van der Waals surface area contributed by atoms with E-state index >= 15 is 0 Å². The first-order valence-corrected chi connectivity index (χ1v) is 6.18. The van der Waals surface area contributed by atoms with Crippen LogP contribution in [-0.4, -0.2) is 23.8 Å². The van der Waals surface area contributed by atoms with E-state index in [2.05, 4.69) is 10.6 Å². The van der Waals surface area contributed by atoms with Crippen LogP contribution in [0.5, 0.6) is 0 Å². The Bertz CT molecular complexity index is 580. The van der Waals surface area contributed by atoms with Crippen molar-refractivity contribution < 1.29 is 14.3 Å². The van der Waals surface area contributed by atoms with Gasteiger partial charge in [-0.25, -0.2) is 9.18 Å². The Hall–Kier alpha value is -2.39. The first kappa shape index (κ1) is 14.0. The van der Waals surface area contributed by atoms with Crippen LogP contribution in [0.15, 0.2) is 30.4 Å². The van der Waals surface area contributed by atoms with Gasteiger partial charge in [0.2, 0.25) is 0 Å². The molecule has 0 unspecified atom stereocenters. The Labute approximate surface area is 115 Å². The van der Waals surface area contributed by atoms with Crippen LogP contribution in [-0.2, 0) is 0 Å². The SMILES string of the molecule is N#Cc1cc(F)ccc1NC(=O)N[C@@H]1C=C[C@H](CO)C1. The second-order valence-electron chi connectivity index (χ2n) is 4.57. The van der Waals surface area contributed by atoms with Gasteiger partial charge in [-0.2, -0.15) is 5.26 Å². The molecule has 0 spiro atoms. The van der Waals surface area contributed by atoms with Gasteiger partial charge in [0.15, 0.2) is 0 Å². The van der Waals surface area contributed by atoms with Crippen LogP contribution >= 0.6 is 0 Å². The van der Waals surface area contributed by atoms with Gasteiger partial charge in [-0.15, -0.1) is 0 Å². The number of benzene rings is 1. The number of rotatable bonds is 3. The average molecular weight is 275 g/mol. The fraction of sp³-hybridized carbons (Fsp3) is 0.286. The molecule has 0 aromatic heterocycles. The number of nitrogens with zero attached hydrogens (tertiary/aromatic N) is 1. The zero-order valence-corrected chi connectivity index (χ0v) is 10.6. The van der Waals surface area contributed by atoms with Gasteiger partial charge in [0, 0.05) is 18.6 Å². The fourth-order valence-corrected chi connectivity index (χ4v) is 2.06. The van der Waals surface area contributed by atoms with Gasteiger partial charge < -0.3 is 15.7 Å². The number of aliphatic hydroxyl groups excluding tert-OH is 1. The summed E-state index contributed by atoms with van der Waals surface area (Å²) in [7, 11) is 0. The summed E-state index contributed by atoms with van der Waals surface area (Å²) in [6, 6.07) is 4.78. The second-order valence-corrected chi connectivity index (χ2v) is 4.57. The minimum absolute atomic E-state index is 0.0485. The van der Waals surface area contributed by atoms with Crippen molar-refractivity contribution in [3.05, 3.63) is 41.7 Å². The molecular weight excluding hydrogens is 261 g/mol. The highest BCUT2D eigenvalue weighted by Gasteiger charge is 2.20. The highest BCUT2D eigenvalue weighted by molar-refractivity contribution is 5.91. The summed E-state index contributed by atoms with van der Waals surface area (Å²) >= 11 is 0. The van der Waals surface area contributed by atoms with Crippen LogP contribution in [0.25, 0.3) is 0 Å². The van der Waals surface area contributed by atoms with E-state index in [0.717, 1.165) is 6.07 Å². The Morgan fingerprint density at radius 1 is 1.50 bits per heavy atom. The van der Waals surface area contributed by atoms with Gasteiger partial charge in [-0.1, -0.05) is 12.2 Å². The lowest BCUT2D eigenvalue weighted by Crippen LogP contribution is -2.36. The molecule has 1 aliphatic carbocycles. The largest absolute Gasteiger partial charge is 0.396 e. The quantitative estimate of drug-likeness (QED) is 0.735. The standard InChI is InChI=1S/C14H14FN3O2/c15-11-2-4-13(10(6-11)7-16)18-14(20)17-12-3-1-9(5-12)8-19/h1-4,6,9,12,19H,5,8H2,(H2,17,18,20)/t9-,12+/m0/s1. The van der Waals surface area contributed by atoms with E-state index in [1.807, 2.05) is 18.2 Å². The zero-order chi connectivity index (χ0) is 14.5. The summed E-state index contributed by atoms with van der Waals surface area (Å²) in [6.45, 7) is 0.0485. The maximum atomic E-state index is 13.0. The number of anilines is 1. The Balaban J connectivity index is 1.96. The third-order valence-corrected chi connectivity index (χ3v) is 3.07. The molecular formula is C14H14FN3O2. The van der Waals surface area contributed by atoms with Gasteiger partial charge >= 0.3 is 6.03 Å². The third-order valence-electron chi connectivity index (χ3n) is 3.07. The normalized spacial score (nSPS) is 20.4. The monoisotopic (exact) mass is 275 g/mol. The molecule has 0 heterocycles. The van der Waals surface area contributed by atoms with E-state index in [4.69, 9.17) is 10.4 Å². The van der Waals surface area contributed by atoms with Crippen LogP contribution in [0, 0.1) is 23.1 Å². The van der Waals surface area contributed by atoms with Crippen molar-refractivity contribution >= 4 is 11.7 Å². The molecule has 6 heteroatoms. The van der Waals surface area contributed by atoms with Crippen molar-refractivity contribution in [1.82, 2.24) is 5.32 Å². The van der Waals surface area contributed by atoms with E-state index in [1.54, 1.807) is 0 Å². The van der Waals surface area contributed by atoms with Gasteiger partial charge in [-0.05, 0) is 24.6 Å². The highest BCUT2D eigenvalue weighted by atomic mass is 19.1. The molecule has 104 valence electrons. The summed E-state index contributed by atoms with van der Waals surface area (Å²) in [5, 5.41) is 23.1. The Morgan fingerprint density at radius 2 is 2.30 bits per heavy atom. The fourth-order valence-electron chi connectivity index (χ4n) is 2.06. The molecule has 2 amide bonds. The summed E-state index contributed by atoms with van der Waals surface area (Å²) in [5.74, 6) is -0.474. The molecule has 2 atom stereocenters. The Kier molecular flexibility index (Phi) is 4.33. The number of nitrogens with one attached hydrogen (secondary N) is 2. The molecule has 0 aliphatic heterocycles. The van der Waals surface area contributed by atoms with E-state index in [1.165, 1.54) is 12.1 Å². The van der Waals surface area contributed by atoms with Crippen LogP contribution in [0.3, 0.4) is 0 Å². The van der Waals surface area contributed by atoms with Crippen LogP contribution in [0.1, 0.15) is 12.0 Å². The van der Waals surface area contributed by atoms with Crippen molar-refractivity contribution in [2.75, 3.05) is 11.9 Å². The molecule has 0 bridgehead atoms. The molecule has 3 N–H and O–H groups in total. The number of nitriles is 1. The predicted octanol–water partition coefficient (Wildman–Crippen LogP) is 1.76. The van der Waals surface area contributed by atoms with Gasteiger partial charge in [-0.3, -0.25) is 0 Å². The first-order chi connectivity index (χ1) is 9.62. The number of halogens is 1. The molecule has 20 heavy (non-hydrogen) atoms. The topological polar surface area (TPSA) is 85.2 Å². The highest BCUT2D eigenvalue weighted by Crippen LogP contribution is 2.18. The lowest BCUT2D eigenvalue weighted by Gasteiger charge is -2.14. The van der Waals surface area contributed by atoms with Crippen LogP contribution < -0.4 is 10.6 Å². The second kappa shape index (κ2) is 6.17. The minimum Gasteiger partial charge on any atom is -0.396 e. The van der Waals surface area contributed by atoms with Crippen molar-refractivity contribution in [2.24, 2.45) is 5.92 Å². The van der Waals surface area contributed by atoms with Crippen molar-refractivity contribution in [1.29, 1.82) is 5.26 Å². The maximum absolute atomic E-state index is 13.0. The number of hydrogen-bond acceptors (Lipinski definition) is 3. The molecule has 1 aliphatic rings. The molecule has 5 nitrogen and oxygen atoms in total. The number of amides is 2. The van der Waals surface area contributed by atoms with Crippen molar-refractivity contribution in [2.45, 2.75) is 12.5 Å². The molecule has 0 fully saturated rings. The van der Waals surface area contributed by atoms with Gasteiger partial charge in [0.25, 0.3) is 0 Å².